The molecule has 7 rings (SSSR count). The Morgan fingerprint density at radius 3 is 2.49 bits per heavy atom. The number of hydrogen-bond donors (Lipinski definition) is 1. The van der Waals surface area contributed by atoms with Crippen LogP contribution in [0.5, 0.6) is 5.75 Å². The number of fused-ring (bicyclic) bond motifs is 3. The van der Waals surface area contributed by atoms with Crippen molar-refractivity contribution >= 4 is 23.5 Å². The second-order valence-electron chi connectivity index (χ2n) is 10.9. The first-order chi connectivity index (χ1) is 17.6. The highest BCUT2D eigenvalue weighted by Crippen LogP contribution is 2.44. The van der Waals surface area contributed by atoms with E-state index in [-0.39, 0.29) is 29.6 Å². The Hall–Kier alpha value is -3.28. The molecule has 2 N–H and O–H groups in total. The van der Waals surface area contributed by atoms with Crippen LogP contribution in [0, 0.1) is 5.92 Å². The molecule has 0 radical (unpaired) electrons. The van der Waals surface area contributed by atoms with Gasteiger partial charge in [-0.05, 0) is 45.1 Å². The van der Waals surface area contributed by atoms with Crippen molar-refractivity contribution in [1.82, 2.24) is 19.9 Å². The molecular weight excluding hydrogens is 484 g/mol. The maximum Gasteiger partial charge on any atom is 0.387 e. The maximum absolute atomic E-state index is 13.0. The molecule has 4 bridgehead atoms. The number of aromatic nitrogens is 3. The zero-order valence-corrected chi connectivity index (χ0v) is 21.1. The Morgan fingerprint density at radius 1 is 1.08 bits per heavy atom. The summed E-state index contributed by atoms with van der Waals surface area (Å²) in [5.74, 6) is 1.73. The van der Waals surface area contributed by atoms with Crippen LogP contribution in [-0.4, -0.2) is 82.8 Å². The molecule has 0 aromatic carbocycles. The summed E-state index contributed by atoms with van der Waals surface area (Å²) in [7, 11) is 1.55. The fourth-order valence-electron chi connectivity index (χ4n) is 6.04. The number of carbonyl (C=O) groups is 1. The van der Waals surface area contributed by atoms with Crippen LogP contribution in [0.2, 0.25) is 0 Å². The first kappa shape index (κ1) is 24.1. The number of likely N-dealkylation sites (tertiary alicyclic amines) is 1. The average molecular weight is 516 g/mol. The van der Waals surface area contributed by atoms with Gasteiger partial charge < -0.3 is 29.9 Å². The van der Waals surface area contributed by atoms with Gasteiger partial charge in [0, 0.05) is 50.6 Å². The van der Waals surface area contributed by atoms with E-state index < -0.39 is 12.2 Å². The number of halogens is 2. The zero-order chi connectivity index (χ0) is 26.1. The van der Waals surface area contributed by atoms with E-state index in [1.807, 2.05) is 11.0 Å². The van der Waals surface area contributed by atoms with Gasteiger partial charge in [0.15, 0.2) is 11.6 Å². The smallest absolute Gasteiger partial charge is 0.387 e. The van der Waals surface area contributed by atoms with E-state index >= 15 is 0 Å². The molecule has 5 fully saturated rings. The van der Waals surface area contributed by atoms with Crippen molar-refractivity contribution in [2.24, 2.45) is 5.92 Å². The van der Waals surface area contributed by atoms with Crippen LogP contribution in [0.3, 0.4) is 0 Å². The van der Waals surface area contributed by atoms with Gasteiger partial charge in [-0.2, -0.15) is 13.8 Å². The van der Waals surface area contributed by atoms with Gasteiger partial charge in [-0.3, -0.25) is 4.79 Å². The van der Waals surface area contributed by atoms with Crippen LogP contribution < -0.4 is 20.3 Å². The van der Waals surface area contributed by atoms with E-state index in [9.17, 15) is 13.6 Å². The topological polar surface area (TPSA) is 110 Å². The summed E-state index contributed by atoms with van der Waals surface area (Å²) in [5, 5.41) is 0. The molecule has 198 valence electrons. The lowest BCUT2D eigenvalue weighted by Crippen LogP contribution is -2.55. The Labute approximate surface area is 213 Å². The number of nitrogens with zero attached hydrogens (tertiary/aromatic N) is 6. The molecule has 0 unspecified atom stereocenters. The van der Waals surface area contributed by atoms with E-state index in [0.29, 0.717) is 42.3 Å². The molecule has 2 aromatic heterocycles. The van der Waals surface area contributed by atoms with Crippen LogP contribution in [0.15, 0.2) is 18.3 Å². The van der Waals surface area contributed by atoms with E-state index in [1.54, 1.807) is 21.0 Å². The normalized spacial score (nSPS) is 26.3. The number of anilines is 3. The van der Waals surface area contributed by atoms with Crippen molar-refractivity contribution in [3.05, 3.63) is 18.3 Å². The summed E-state index contributed by atoms with van der Waals surface area (Å²) in [6, 6.07) is 3.91. The van der Waals surface area contributed by atoms with Crippen LogP contribution in [0.4, 0.5) is 26.4 Å². The van der Waals surface area contributed by atoms with Crippen LogP contribution in [0.1, 0.15) is 33.1 Å². The molecule has 6 heterocycles. The van der Waals surface area contributed by atoms with Crippen LogP contribution >= 0.6 is 0 Å². The standard InChI is InChI=1S/C25H31F2N7O3/c1-25(2,36-3)22(35)33-12-16-7-17(33)11-32(16)20-8-18(14-6-19(37-23(26)27)21(28)29-9-14)30-24(31-20)34-10-13-4-15(34)5-13/h6,8-9,13,15-17,23H,4-5,7,10-12H2,1-3H3,(H2,28,29)/t13?,15?,16-,17-/m0/s1. The van der Waals surface area contributed by atoms with Crippen LogP contribution in [0.25, 0.3) is 11.3 Å². The predicted octanol–water partition coefficient (Wildman–Crippen LogP) is 2.54. The molecule has 5 aliphatic rings. The number of pyridine rings is 1. The Morgan fingerprint density at radius 2 is 1.86 bits per heavy atom. The zero-order valence-electron chi connectivity index (χ0n) is 21.1. The SMILES string of the molecule is COC(C)(C)C(=O)N1C[C@@H]2C[C@H]1CN2c1cc(-c2cnc(N)c(OC(F)F)c2)nc(N2CC3CC2C3)n1. The molecule has 4 aliphatic heterocycles. The lowest BCUT2D eigenvalue weighted by Gasteiger charge is -2.38. The summed E-state index contributed by atoms with van der Waals surface area (Å²) in [4.78, 5) is 33.3. The minimum Gasteiger partial charge on any atom is -0.431 e. The highest BCUT2D eigenvalue weighted by molar-refractivity contribution is 5.85. The number of piperazine rings is 1. The quantitative estimate of drug-likeness (QED) is 0.595. The summed E-state index contributed by atoms with van der Waals surface area (Å²) < 4.78 is 35.8. The second kappa shape index (κ2) is 8.64. The van der Waals surface area contributed by atoms with Gasteiger partial charge in [0.05, 0.1) is 17.8 Å². The predicted molar refractivity (Wildman–Crippen MR) is 133 cm³/mol. The highest BCUT2D eigenvalue weighted by Gasteiger charge is 2.49. The van der Waals surface area contributed by atoms with Crippen LogP contribution in [-0.2, 0) is 9.53 Å². The first-order valence-electron chi connectivity index (χ1n) is 12.6. The lowest BCUT2D eigenvalue weighted by molar-refractivity contribution is -0.152. The van der Waals surface area contributed by atoms with E-state index in [4.69, 9.17) is 20.4 Å². The number of hydrogen-bond acceptors (Lipinski definition) is 9. The molecule has 0 spiro atoms. The third kappa shape index (κ3) is 4.11. The molecule has 1 amide bonds. The van der Waals surface area contributed by atoms with E-state index in [1.165, 1.54) is 12.3 Å². The number of nitrogen functional groups attached to an aromatic ring is 1. The molecule has 2 aromatic rings. The molecule has 1 saturated carbocycles. The van der Waals surface area contributed by atoms with Gasteiger partial charge in [-0.1, -0.05) is 0 Å². The van der Waals surface area contributed by atoms with Crippen molar-refractivity contribution in [3.63, 3.8) is 0 Å². The first-order valence-corrected chi connectivity index (χ1v) is 12.6. The summed E-state index contributed by atoms with van der Waals surface area (Å²) >= 11 is 0. The number of nitrogens with two attached hydrogens (primary N) is 1. The van der Waals surface area contributed by atoms with Crippen molar-refractivity contribution in [2.45, 2.75) is 63.4 Å². The molecule has 10 nitrogen and oxygen atoms in total. The number of rotatable bonds is 7. The Kier molecular flexibility index (Phi) is 5.62. The summed E-state index contributed by atoms with van der Waals surface area (Å²) in [5.41, 5.74) is 5.96. The van der Waals surface area contributed by atoms with Gasteiger partial charge in [0.25, 0.3) is 5.91 Å². The number of alkyl halides is 2. The fraction of sp³-hybridized carbons (Fsp3) is 0.600. The molecule has 4 saturated heterocycles. The molecule has 37 heavy (non-hydrogen) atoms. The lowest BCUT2D eigenvalue weighted by atomic mass is 9.86. The minimum absolute atomic E-state index is 0.0115. The summed E-state index contributed by atoms with van der Waals surface area (Å²) in [6.07, 6.45) is 4.64. The van der Waals surface area contributed by atoms with Crippen molar-refractivity contribution in [2.75, 3.05) is 42.3 Å². The number of ether oxygens (including phenoxy) is 2. The molecule has 1 aliphatic carbocycles. The van der Waals surface area contributed by atoms with Gasteiger partial charge in [-0.25, -0.2) is 9.97 Å². The van der Waals surface area contributed by atoms with Crippen molar-refractivity contribution in [3.8, 4) is 17.0 Å². The average Bonchev–Trinajstić information content (AvgIpc) is 3.64. The van der Waals surface area contributed by atoms with E-state index in [2.05, 4.69) is 19.5 Å². The Bertz CT molecular complexity index is 1220. The second-order valence-corrected chi connectivity index (χ2v) is 10.9. The minimum atomic E-state index is -3.01. The van der Waals surface area contributed by atoms with Gasteiger partial charge >= 0.3 is 6.61 Å². The molecule has 2 atom stereocenters. The monoisotopic (exact) mass is 515 g/mol. The van der Waals surface area contributed by atoms with Gasteiger partial charge in [-0.15, -0.1) is 0 Å². The fourth-order valence-corrected chi connectivity index (χ4v) is 6.04. The van der Waals surface area contributed by atoms with Gasteiger partial charge in [0.2, 0.25) is 5.95 Å². The highest BCUT2D eigenvalue weighted by atomic mass is 19.3. The van der Waals surface area contributed by atoms with Crippen molar-refractivity contribution in [1.29, 1.82) is 0 Å². The van der Waals surface area contributed by atoms with Gasteiger partial charge in [0.1, 0.15) is 11.4 Å². The number of carbonyl (C=O) groups excluding carboxylic acids is 1. The number of amides is 1. The Balaban J connectivity index is 1.33. The third-order valence-electron chi connectivity index (χ3n) is 8.28. The maximum atomic E-state index is 13.0. The van der Waals surface area contributed by atoms with Crippen molar-refractivity contribution < 1.29 is 23.0 Å². The third-order valence-corrected chi connectivity index (χ3v) is 8.28. The summed E-state index contributed by atoms with van der Waals surface area (Å²) in [6.45, 7) is 2.72. The van der Waals surface area contributed by atoms with E-state index in [0.717, 1.165) is 31.6 Å². The number of methoxy groups -OCH3 is 1. The molecular formula is C25H31F2N7O3. The molecule has 12 heteroatoms. The largest absolute Gasteiger partial charge is 0.431 e.